The van der Waals surface area contributed by atoms with Crippen molar-refractivity contribution in [1.82, 2.24) is 9.97 Å². The van der Waals surface area contributed by atoms with Crippen molar-refractivity contribution in [2.45, 2.75) is 12.5 Å². The summed E-state index contributed by atoms with van der Waals surface area (Å²) >= 11 is 0. The molecule has 1 N–H and O–H groups in total. The minimum absolute atomic E-state index is 0.186. The standard InChI is InChI=1S/C19H20N2O4/c1-23-15-9-13(10-16(24-2)18(15)25-3)17(22)19-20-11-14(21-19)12-7-5-4-6-8-12/h4-9,11,16H,10H2,1-3H3,(H,20,21). The summed E-state index contributed by atoms with van der Waals surface area (Å²) < 4.78 is 16.1. The third kappa shape index (κ3) is 3.34. The van der Waals surface area contributed by atoms with E-state index in [9.17, 15) is 4.79 Å². The van der Waals surface area contributed by atoms with Crippen LogP contribution in [0.5, 0.6) is 0 Å². The fourth-order valence-electron chi connectivity index (χ4n) is 2.83. The highest BCUT2D eigenvalue weighted by Crippen LogP contribution is 2.29. The predicted molar refractivity (Wildman–Crippen MR) is 92.9 cm³/mol. The molecule has 0 spiro atoms. The summed E-state index contributed by atoms with van der Waals surface area (Å²) in [6.45, 7) is 0. The van der Waals surface area contributed by atoms with Crippen LogP contribution in [0.1, 0.15) is 17.0 Å². The SMILES string of the molecule is COC1=C(OC)C(OC)CC(C(=O)c2ncc(-c3ccccc3)[nH]2)=C1. The molecule has 1 aliphatic rings. The number of allylic oxidation sites excluding steroid dienone is 1. The molecule has 0 amide bonds. The quantitative estimate of drug-likeness (QED) is 0.818. The van der Waals surface area contributed by atoms with Crippen LogP contribution in [-0.4, -0.2) is 43.2 Å². The van der Waals surface area contributed by atoms with Crippen molar-refractivity contribution in [3.63, 3.8) is 0 Å². The number of ketones is 1. The summed E-state index contributed by atoms with van der Waals surface area (Å²) in [5, 5.41) is 0. The molecule has 3 rings (SSSR count). The number of methoxy groups -OCH3 is 3. The van der Waals surface area contributed by atoms with E-state index in [1.54, 1.807) is 26.5 Å². The van der Waals surface area contributed by atoms with Crippen LogP contribution in [0.25, 0.3) is 11.3 Å². The molecule has 0 bridgehead atoms. The molecule has 1 aromatic carbocycles. The van der Waals surface area contributed by atoms with Gasteiger partial charge in [0.2, 0.25) is 5.78 Å². The first kappa shape index (κ1) is 17.0. The lowest BCUT2D eigenvalue weighted by Crippen LogP contribution is -2.24. The van der Waals surface area contributed by atoms with Gasteiger partial charge in [-0.25, -0.2) is 4.98 Å². The number of H-pyrrole nitrogens is 1. The summed E-state index contributed by atoms with van der Waals surface area (Å²) in [6.07, 6.45) is 3.37. The van der Waals surface area contributed by atoms with Gasteiger partial charge in [0.25, 0.3) is 0 Å². The first-order chi connectivity index (χ1) is 12.2. The number of benzene rings is 1. The van der Waals surface area contributed by atoms with Gasteiger partial charge in [-0.1, -0.05) is 30.3 Å². The van der Waals surface area contributed by atoms with E-state index >= 15 is 0 Å². The Labute approximate surface area is 146 Å². The summed E-state index contributed by atoms with van der Waals surface area (Å²) in [6, 6.07) is 9.73. The van der Waals surface area contributed by atoms with Gasteiger partial charge < -0.3 is 19.2 Å². The Morgan fingerprint density at radius 3 is 2.56 bits per heavy atom. The van der Waals surface area contributed by atoms with Gasteiger partial charge >= 0.3 is 0 Å². The second kappa shape index (κ2) is 7.36. The molecule has 130 valence electrons. The van der Waals surface area contributed by atoms with E-state index in [1.165, 1.54) is 7.11 Å². The van der Waals surface area contributed by atoms with Crippen LogP contribution < -0.4 is 0 Å². The maximum Gasteiger partial charge on any atom is 0.224 e. The van der Waals surface area contributed by atoms with Crippen molar-refractivity contribution in [1.29, 1.82) is 0 Å². The molecule has 1 aliphatic carbocycles. The molecule has 0 aliphatic heterocycles. The molecule has 6 nitrogen and oxygen atoms in total. The van der Waals surface area contributed by atoms with Gasteiger partial charge in [-0.2, -0.15) is 0 Å². The third-order valence-electron chi connectivity index (χ3n) is 4.14. The van der Waals surface area contributed by atoms with E-state index in [1.807, 2.05) is 30.3 Å². The van der Waals surface area contributed by atoms with E-state index in [0.717, 1.165) is 11.3 Å². The molecule has 1 heterocycles. The smallest absolute Gasteiger partial charge is 0.224 e. The van der Waals surface area contributed by atoms with Gasteiger partial charge in [0, 0.05) is 19.1 Å². The number of imidazole rings is 1. The Kier molecular flexibility index (Phi) is 5.00. The monoisotopic (exact) mass is 340 g/mol. The fourth-order valence-corrected chi connectivity index (χ4v) is 2.83. The highest BCUT2D eigenvalue weighted by Gasteiger charge is 2.30. The molecule has 0 fully saturated rings. The summed E-state index contributed by atoms with van der Waals surface area (Å²) in [7, 11) is 4.66. The Balaban J connectivity index is 1.90. The average Bonchev–Trinajstić information content (AvgIpc) is 3.17. The van der Waals surface area contributed by atoms with Gasteiger partial charge in [0.15, 0.2) is 17.3 Å². The van der Waals surface area contributed by atoms with Gasteiger partial charge in [0.1, 0.15) is 6.10 Å². The molecular formula is C19H20N2O4. The molecule has 1 aromatic heterocycles. The van der Waals surface area contributed by atoms with Gasteiger partial charge in [-0.15, -0.1) is 0 Å². The first-order valence-electron chi connectivity index (χ1n) is 7.88. The van der Waals surface area contributed by atoms with Crippen LogP contribution in [0.4, 0.5) is 0 Å². The van der Waals surface area contributed by atoms with Crippen LogP contribution in [0, 0.1) is 0 Å². The van der Waals surface area contributed by atoms with Gasteiger partial charge in [0.05, 0.1) is 26.1 Å². The molecular weight excluding hydrogens is 320 g/mol. The van der Waals surface area contributed by atoms with Crippen molar-refractivity contribution >= 4 is 5.78 Å². The lowest BCUT2D eigenvalue weighted by atomic mass is 9.96. The topological polar surface area (TPSA) is 73.4 Å². The minimum atomic E-state index is -0.368. The van der Waals surface area contributed by atoms with Crippen molar-refractivity contribution in [2.75, 3.05) is 21.3 Å². The van der Waals surface area contributed by atoms with E-state index in [0.29, 0.717) is 23.5 Å². The first-order valence-corrected chi connectivity index (χ1v) is 7.88. The van der Waals surface area contributed by atoms with Crippen molar-refractivity contribution < 1.29 is 19.0 Å². The Hall–Kier alpha value is -2.86. The van der Waals surface area contributed by atoms with Crippen molar-refractivity contribution in [3.8, 4) is 11.3 Å². The van der Waals surface area contributed by atoms with Crippen LogP contribution in [0.3, 0.4) is 0 Å². The van der Waals surface area contributed by atoms with Crippen LogP contribution in [0.2, 0.25) is 0 Å². The van der Waals surface area contributed by atoms with Gasteiger partial charge in [-0.05, 0) is 11.6 Å². The van der Waals surface area contributed by atoms with Crippen LogP contribution in [-0.2, 0) is 14.2 Å². The number of aromatic nitrogens is 2. The molecule has 0 saturated heterocycles. The van der Waals surface area contributed by atoms with E-state index < -0.39 is 0 Å². The number of aromatic amines is 1. The zero-order valence-electron chi connectivity index (χ0n) is 14.4. The van der Waals surface area contributed by atoms with Crippen molar-refractivity contribution in [2.24, 2.45) is 0 Å². The molecule has 0 radical (unpaired) electrons. The number of ether oxygens (including phenoxy) is 3. The number of nitrogens with one attached hydrogen (secondary N) is 1. The predicted octanol–water partition coefficient (Wildman–Crippen LogP) is 3.11. The third-order valence-corrected chi connectivity index (χ3v) is 4.14. The Morgan fingerprint density at radius 1 is 1.16 bits per heavy atom. The zero-order chi connectivity index (χ0) is 17.8. The highest BCUT2D eigenvalue weighted by atomic mass is 16.5. The normalized spacial score (nSPS) is 17.2. The molecule has 2 aromatic rings. The van der Waals surface area contributed by atoms with E-state index in [4.69, 9.17) is 14.2 Å². The lowest BCUT2D eigenvalue weighted by molar-refractivity contribution is 0.0631. The van der Waals surface area contributed by atoms with E-state index in [2.05, 4.69) is 9.97 Å². The Morgan fingerprint density at radius 2 is 1.92 bits per heavy atom. The summed E-state index contributed by atoms with van der Waals surface area (Å²) in [5.74, 6) is 1.16. The molecule has 1 atom stereocenters. The summed E-state index contributed by atoms with van der Waals surface area (Å²) in [4.78, 5) is 20.1. The zero-order valence-corrected chi connectivity index (χ0v) is 14.4. The molecule has 6 heteroatoms. The fraction of sp³-hybridized carbons (Fsp3) is 0.263. The highest BCUT2D eigenvalue weighted by molar-refractivity contribution is 6.07. The minimum Gasteiger partial charge on any atom is -0.494 e. The number of carbonyl (C=O) groups is 1. The van der Waals surface area contributed by atoms with Crippen LogP contribution in [0.15, 0.2) is 59.7 Å². The number of hydrogen-bond acceptors (Lipinski definition) is 5. The second-order valence-electron chi connectivity index (χ2n) is 5.58. The maximum atomic E-state index is 12.8. The summed E-state index contributed by atoms with van der Waals surface area (Å²) in [5.41, 5.74) is 2.32. The molecule has 25 heavy (non-hydrogen) atoms. The van der Waals surface area contributed by atoms with Crippen LogP contribution >= 0.6 is 0 Å². The lowest BCUT2D eigenvalue weighted by Gasteiger charge is -2.24. The maximum absolute atomic E-state index is 12.8. The number of Topliss-reactive ketones (excluding diaryl/α,β-unsaturated/α-hetero) is 1. The van der Waals surface area contributed by atoms with E-state index in [-0.39, 0.29) is 17.7 Å². The number of carbonyl (C=O) groups excluding carboxylic acids is 1. The number of hydrogen-bond donors (Lipinski definition) is 1. The van der Waals surface area contributed by atoms with Gasteiger partial charge in [-0.3, -0.25) is 4.79 Å². The Bertz CT molecular complexity index is 821. The average molecular weight is 340 g/mol. The number of rotatable bonds is 6. The number of nitrogens with zero attached hydrogens (tertiary/aromatic N) is 1. The largest absolute Gasteiger partial charge is 0.494 e. The molecule has 0 saturated carbocycles. The molecule has 1 unspecified atom stereocenters. The second-order valence-corrected chi connectivity index (χ2v) is 5.58. The van der Waals surface area contributed by atoms with Crippen molar-refractivity contribution in [3.05, 3.63) is 65.5 Å².